The van der Waals surface area contributed by atoms with Crippen molar-refractivity contribution in [2.45, 2.75) is 0 Å². The van der Waals surface area contributed by atoms with Crippen LogP contribution in [0.25, 0.3) is 6.08 Å². The lowest BCUT2D eigenvalue weighted by Gasteiger charge is -2.00. The molecule has 0 aliphatic heterocycles. The maximum atomic E-state index is 11.9. The SMILES string of the molecule is O=C(C=Cc1ccccc1C(=O)O)c1ccc(Cl)cc1. The molecule has 0 fully saturated rings. The fourth-order valence-electron chi connectivity index (χ4n) is 1.71. The summed E-state index contributed by atoms with van der Waals surface area (Å²) in [5.41, 5.74) is 1.15. The smallest absolute Gasteiger partial charge is 0.336 e. The zero-order valence-electron chi connectivity index (χ0n) is 10.4. The summed E-state index contributed by atoms with van der Waals surface area (Å²) in [5.74, 6) is -1.23. The van der Waals surface area contributed by atoms with Gasteiger partial charge in [-0.05, 0) is 42.0 Å². The van der Waals surface area contributed by atoms with Gasteiger partial charge in [-0.25, -0.2) is 4.79 Å². The van der Waals surface area contributed by atoms with E-state index in [0.717, 1.165) is 0 Å². The number of carbonyl (C=O) groups excluding carboxylic acids is 1. The van der Waals surface area contributed by atoms with Gasteiger partial charge in [-0.15, -0.1) is 0 Å². The van der Waals surface area contributed by atoms with Crippen molar-refractivity contribution in [3.8, 4) is 0 Å². The number of carbonyl (C=O) groups is 2. The highest BCUT2D eigenvalue weighted by molar-refractivity contribution is 6.30. The summed E-state index contributed by atoms with van der Waals surface area (Å²) in [7, 11) is 0. The molecule has 0 aromatic heterocycles. The first-order valence-corrected chi connectivity index (χ1v) is 6.26. The van der Waals surface area contributed by atoms with Gasteiger partial charge in [0.05, 0.1) is 5.56 Å². The van der Waals surface area contributed by atoms with Crippen LogP contribution in [0.15, 0.2) is 54.6 Å². The summed E-state index contributed by atoms with van der Waals surface area (Å²) in [4.78, 5) is 23.0. The molecule has 0 amide bonds. The molecule has 0 spiro atoms. The molecule has 3 nitrogen and oxygen atoms in total. The highest BCUT2D eigenvalue weighted by Crippen LogP contribution is 2.13. The molecule has 0 saturated carbocycles. The van der Waals surface area contributed by atoms with Gasteiger partial charge in [-0.3, -0.25) is 4.79 Å². The number of carboxylic acid groups (broad SMARTS) is 1. The van der Waals surface area contributed by atoms with Crippen molar-refractivity contribution < 1.29 is 14.7 Å². The van der Waals surface area contributed by atoms with Crippen LogP contribution < -0.4 is 0 Å². The van der Waals surface area contributed by atoms with E-state index in [0.29, 0.717) is 16.1 Å². The van der Waals surface area contributed by atoms with Crippen molar-refractivity contribution >= 4 is 29.4 Å². The van der Waals surface area contributed by atoms with Crippen molar-refractivity contribution in [1.82, 2.24) is 0 Å². The van der Waals surface area contributed by atoms with E-state index < -0.39 is 5.97 Å². The minimum Gasteiger partial charge on any atom is -0.478 e. The van der Waals surface area contributed by atoms with E-state index >= 15 is 0 Å². The van der Waals surface area contributed by atoms with Crippen LogP contribution in [-0.4, -0.2) is 16.9 Å². The molecule has 0 aliphatic rings. The fourth-order valence-corrected chi connectivity index (χ4v) is 1.84. The van der Waals surface area contributed by atoms with Gasteiger partial charge < -0.3 is 5.11 Å². The van der Waals surface area contributed by atoms with E-state index in [1.165, 1.54) is 18.2 Å². The molecule has 100 valence electrons. The number of aromatic carboxylic acids is 1. The fraction of sp³-hybridized carbons (Fsp3) is 0. The molecule has 2 aromatic carbocycles. The minimum absolute atomic E-state index is 0.160. The second kappa shape index (κ2) is 6.17. The molecule has 0 saturated heterocycles. The summed E-state index contributed by atoms with van der Waals surface area (Å²) in [6.07, 6.45) is 2.85. The summed E-state index contributed by atoms with van der Waals surface area (Å²) in [6.45, 7) is 0. The van der Waals surface area contributed by atoms with Gasteiger partial charge >= 0.3 is 5.97 Å². The largest absolute Gasteiger partial charge is 0.478 e. The second-order valence-corrected chi connectivity index (χ2v) is 4.53. The van der Waals surface area contributed by atoms with Gasteiger partial charge in [0.1, 0.15) is 0 Å². The average molecular weight is 287 g/mol. The van der Waals surface area contributed by atoms with Crippen LogP contribution in [0.1, 0.15) is 26.3 Å². The predicted molar refractivity (Wildman–Crippen MR) is 78.2 cm³/mol. The predicted octanol–water partition coefficient (Wildman–Crippen LogP) is 3.93. The van der Waals surface area contributed by atoms with E-state index in [9.17, 15) is 9.59 Å². The van der Waals surface area contributed by atoms with Crippen LogP contribution >= 0.6 is 11.6 Å². The Morgan fingerprint density at radius 3 is 2.30 bits per heavy atom. The monoisotopic (exact) mass is 286 g/mol. The number of allylic oxidation sites excluding steroid dienone is 1. The molecule has 20 heavy (non-hydrogen) atoms. The van der Waals surface area contributed by atoms with Gasteiger partial charge in [0.15, 0.2) is 5.78 Å². The Kier molecular flexibility index (Phi) is 4.33. The number of halogens is 1. The molecule has 2 aromatic rings. The molecular weight excluding hydrogens is 276 g/mol. The Hall–Kier alpha value is -2.39. The summed E-state index contributed by atoms with van der Waals surface area (Å²) in [6, 6.07) is 13.0. The zero-order chi connectivity index (χ0) is 14.5. The van der Waals surface area contributed by atoms with Crippen molar-refractivity contribution in [1.29, 1.82) is 0 Å². The molecule has 4 heteroatoms. The lowest BCUT2D eigenvalue weighted by atomic mass is 10.1. The molecular formula is C16H11ClO3. The van der Waals surface area contributed by atoms with E-state index in [4.69, 9.17) is 16.7 Å². The third-order valence-corrected chi connectivity index (χ3v) is 2.99. The molecule has 0 bridgehead atoms. The van der Waals surface area contributed by atoms with Crippen LogP contribution in [0.3, 0.4) is 0 Å². The maximum Gasteiger partial charge on any atom is 0.336 e. The highest BCUT2D eigenvalue weighted by atomic mass is 35.5. The third-order valence-electron chi connectivity index (χ3n) is 2.73. The van der Waals surface area contributed by atoms with Crippen LogP contribution in [0, 0.1) is 0 Å². The number of ketones is 1. The lowest BCUT2D eigenvalue weighted by molar-refractivity contribution is 0.0696. The topological polar surface area (TPSA) is 54.4 Å². The number of carboxylic acids is 1. The first kappa shape index (κ1) is 14.0. The van der Waals surface area contributed by atoms with Crippen molar-refractivity contribution in [2.75, 3.05) is 0 Å². The first-order valence-electron chi connectivity index (χ1n) is 5.88. The molecule has 0 radical (unpaired) electrons. The van der Waals surface area contributed by atoms with Crippen molar-refractivity contribution in [2.24, 2.45) is 0 Å². The summed E-state index contributed by atoms with van der Waals surface area (Å²) >= 11 is 5.75. The van der Waals surface area contributed by atoms with Crippen molar-refractivity contribution in [3.63, 3.8) is 0 Å². The Labute approximate surface area is 121 Å². The Balaban J connectivity index is 2.23. The Morgan fingerprint density at radius 1 is 1.00 bits per heavy atom. The number of benzene rings is 2. The summed E-state index contributed by atoms with van der Waals surface area (Å²) < 4.78 is 0. The average Bonchev–Trinajstić information content (AvgIpc) is 2.45. The van der Waals surface area contributed by atoms with Gasteiger partial charge in [-0.2, -0.15) is 0 Å². The summed E-state index contributed by atoms with van der Waals surface area (Å²) in [5, 5.41) is 9.60. The normalized spacial score (nSPS) is 10.7. The molecule has 1 N–H and O–H groups in total. The molecule has 0 atom stereocenters. The number of hydrogen-bond donors (Lipinski definition) is 1. The number of hydrogen-bond acceptors (Lipinski definition) is 2. The molecule has 2 rings (SSSR count). The van der Waals surface area contributed by atoms with Gasteiger partial charge in [0.2, 0.25) is 0 Å². The quantitative estimate of drug-likeness (QED) is 0.684. The Bertz CT molecular complexity index is 672. The van der Waals surface area contributed by atoms with E-state index in [1.807, 2.05) is 0 Å². The van der Waals surface area contributed by atoms with E-state index in [1.54, 1.807) is 42.5 Å². The first-order chi connectivity index (χ1) is 9.58. The minimum atomic E-state index is -1.02. The van der Waals surface area contributed by atoms with Crippen LogP contribution in [0.2, 0.25) is 5.02 Å². The maximum absolute atomic E-state index is 11.9. The van der Waals surface area contributed by atoms with Crippen LogP contribution in [0.5, 0.6) is 0 Å². The lowest BCUT2D eigenvalue weighted by Crippen LogP contribution is -1.99. The molecule has 0 unspecified atom stereocenters. The second-order valence-electron chi connectivity index (χ2n) is 4.10. The van der Waals surface area contributed by atoms with Gasteiger partial charge in [0.25, 0.3) is 0 Å². The standard InChI is InChI=1S/C16H11ClO3/c17-13-8-5-12(6-9-13)15(18)10-7-11-3-1-2-4-14(11)16(19)20/h1-10H,(H,19,20). The van der Waals surface area contributed by atoms with Crippen LogP contribution in [-0.2, 0) is 0 Å². The van der Waals surface area contributed by atoms with Crippen LogP contribution in [0.4, 0.5) is 0 Å². The third kappa shape index (κ3) is 3.33. The highest BCUT2D eigenvalue weighted by Gasteiger charge is 2.07. The number of rotatable bonds is 4. The van der Waals surface area contributed by atoms with Gasteiger partial charge in [-0.1, -0.05) is 35.9 Å². The van der Waals surface area contributed by atoms with Crippen molar-refractivity contribution in [3.05, 3.63) is 76.3 Å². The molecule has 0 heterocycles. The van der Waals surface area contributed by atoms with Gasteiger partial charge in [0, 0.05) is 10.6 Å². The van der Waals surface area contributed by atoms with E-state index in [-0.39, 0.29) is 11.3 Å². The zero-order valence-corrected chi connectivity index (χ0v) is 11.2. The molecule has 0 aliphatic carbocycles. The van der Waals surface area contributed by atoms with E-state index in [2.05, 4.69) is 0 Å². The Morgan fingerprint density at radius 2 is 1.65 bits per heavy atom.